The third-order valence-corrected chi connectivity index (χ3v) is 10.4. The molecule has 3 fully saturated rings. The molecule has 0 bridgehead atoms. The predicted octanol–water partition coefficient (Wildman–Crippen LogP) is 5.38. The van der Waals surface area contributed by atoms with Gasteiger partial charge in [0.2, 0.25) is 0 Å². The molecule has 1 aromatic carbocycles. The summed E-state index contributed by atoms with van der Waals surface area (Å²) in [6.45, 7) is 2.08. The summed E-state index contributed by atoms with van der Waals surface area (Å²) in [6, 6.07) is 5.79. The lowest BCUT2D eigenvalue weighted by Gasteiger charge is -2.48. The first-order valence-electron chi connectivity index (χ1n) is 9.74. The molecule has 26 heavy (non-hydrogen) atoms. The van der Waals surface area contributed by atoms with E-state index in [-0.39, 0.29) is 5.82 Å². The first-order chi connectivity index (χ1) is 12.5. The average molecular weight is 460 g/mol. The van der Waals surface area contributed by atoms with E-state index in [1.165, 1.54) is 19.3 Å². The maximum atomic E-state index is 15.0. The van der Waals surface area contributed by atoms with E-state index in [2.05, 4.69) is 20.8 Å². The second-order valence-corrected chi connectivity index (χ2v) is 11.6. The minimum Gasteiger partial charge on any atom is -0.387 e. The van der Waals surface area contributed by atoms with Gasteiger partial charge >= 0.3 is 0 Å². The van der Waals surface area contributed by atoms with Gasteiger partial charge in [-0.15, -0.1) is 23.5 Å². The second kappa shape index (κ2) is 7.94. The first kappa shape index (κ1) is 19.6. The topological polar surface area (TPSA) is 23.5 Å². The fourth-order valence-corrected chi connectivity index (χ4v) is 8.93. The lowest BCUT2D eigenvalue weighted by atomic mass is 9.85. The highest BCUT2D eigenvalue weighted by Crippen LogP contribution is 2.60. The molecule has 1 aromatic rings. The molecule has 2 atom stereocenters. The van der Waals surface area contributed by atoms with Crippen molar-refractivity contribution in [1.29, 1.82) is 0 Å². The number of thioether (sulfide) groups is 2. The van der Waals surface area contributed by atoms with Gasteiger partial charge in [0.05, 0.1) is 5.60 Å². The van der Waals surface area contributed by atoms with E-state index in [4.69, 9.17) is 0 Å². The first-order valence-corrected chi connectivity index (χ1v) is 12.5. The van der Waals surface area contributed by atoms with E-state index in [9.17, 15) is 9.50 Å². The average Bonchev–Trinajstić information content (AvgIpc) is 2.85. The number of nitrogens with zero attached hydrogens (tertiary/aromatic N) is 1. The Hall–Kier alpha value is 0.250. The highest BCUT2D eigenvalue weighted by molar-refractivity contribution is 9.10. The molecule has 0 spiro atoms. The molecule has 0 aromatic heterocycles. The number of halogens is 2. The van der Waals surface area contributed by atoms with Gasteiger partial charge in [-0.3, -0.25) is 0 Å². The molecule has 0 aliphatic carbocycles. The Balaban J connectivity index is 1.72. The Kier molecular flexibility index (Phi) is 5.97. The van der Waals surface area contributed by atoms with Crippen molar-refractivity contribution in [3.8, 4) is 0 Å². The van der Waals surface area contributed by atoms with Gasteiger partial charge in [-0.05, 0) is 74.8 Å². The van der Waals surface area contributed by atoms with Crippen molar-refractivity contribution in [3.63, 3.8) is 0 Å². The summed E-state index contributed by atoms with van der Waals surface area (Å²) in [5.41, 5.74) is -0.203. The maximum absolute atomic E-state index is 15.0. The summed E-state index contributed by atoms with van der Waals surface area (Å²) in [4.78, 5) is 2.57. The Bertz CT molecular complexity index is 637. The summed E-state index contributed by atoms with van der Waals surface area (Å²) in [5, 5.41) is 12.0. The highest BCUT2D eigenvalue weighted by Gasteiger charge is 2.55. The van der Waals surface area contributed by atoms with Crippen molar-refractivity contribution >= 4 is 39.5 Å². The van der Waals surface area contributed by atoms with Gasteiger partial charge < -0.3 is 10.0 Å². The SMILES string of the molecule is OC1(C2(c3cc(Br)ccc3F)SCCCS2)CCC2CCCCN2CC1. The third-order valence-electron chi connectivity index (χ3n) is 6.25. The summed E-state index contributed by atoms with van der Waals surface area (Å²) in [6.07, 6.45) is 7.45. The lowest BCUT2D eigenvalue weighted by Crippen LogP contribution is -2.50. The molecular formula is C20H27BrFNOS2. The number of aliphatic hydroxyl groups is 1. The normalized spacial score (nSPS) is 32.7. The van der Waals surface area contributed by atoms with Gasteiger partial charge in [-0.25, -0.2) is 4.39 Å². The number of hydrogen-bond donors (Lipinski definition) is 1. The largest absolute Gasteiger partial charge is 0.387 e. The van der Waals surface area contributed by atoms with Crippen LogP contribution in [-0.2, 0) is 4.08 Å². The molecule has 3 aliphatic rings. The van der Waals surface area contributed by atoms with Gasteiger partial charge in [-0.1, -0.05) is 22.4 Å². The van der Waals surface area contributed by atoms with Crippen molar-refractivity contribution in [2.24, 2.45) is 0 Å². The third kappa shape index (κ3) is 3.49. The molecule has 6 heteroatoms. The molecular weight excluding hydrogens is 433 g/mol. The number of hydrogen-bond acceptors (Lipinski definition) is 4. The molecule has 2 nitrogen and oxygen atoms in total. The summed E-state index contributed by atoms with van der Waals surface area (Å²) in [7, 11) is 0. The van der Waals surface area contributed by atoms with Gasteiger partial charge in [-0.2, -0.15) is 0 Å². The van der Waals surface area contributed by atoms with Crippen LogP contribution < -0.4 is 0 Å². The van der Waals surface area contributed by atoms with Crippen LogP contribution >= 0.6 is 39.5 Å². The van der Waals surface area contributed by atoms with Crippen molar-refractivity contribution in [2.75, 3.05) is 24.6 Å². The summed E-state index contributed by atoms with van der Waals surface area (Å²) in [5.74, 6) is 1.77. The monoisotopic (exact) mass is 459 g/mol. The van der Waals surface area contributed by atoms with Crippen LogP contribution in [0.1, 0.15) is 50.5 Å². The lowest BCUT2D eigenvalue weighted by molar-refractivity contribution is 0.0112. The zero-order valence-corrected chi connectivity index (χ0v) is 18.3. The van der Waals surface area contributed by atoms with Gasteiger partial charge in [0.1, 0.15) is 9.90 Å². The Morgan fingerprint density at radius 2 is 1.88 bits per heavy atom. The Morgan fingerprint density at radius 1 is 1.08 bits per heavy atom. The van der Waals surface area contributed by atoms with E-state index >= 15 is 0 Å². The van der Waals surface area contributed by atoms with Crippen molar-refractivity contribution < 1.29 is 9.50 Å². The fraction of sp³-hybridized carbons (Fsp3) is 0.700. The van der Waals surface area contributed by atoms with Crippen LogP contribution in [0.3, 0.4) is 0 Å². The molecule has 0 radical (unpaired) electrons. The van der Waals surface area contributed by atoms with E-state index in [1.54, 1.807) is 35.7 Å². The fourth-order valence-electron chi connectivity index (χ4n) is 4.83. The van der Waals surface area contributed by atoms with Crippen LogP contribution in [0.4, 0.5) is 4.39 Å². The maximum Gasteiger partial charge on any atom is 0.128 e. The second-order valence-electron chi connectivity index (χ2n) is 7.80. The quantitative estimate of drug-likeness (QED) is 0.640. The minimum absolute atomic E-state index is 0.189. The van der Waals surface area contributed by atoms with Gasteiger partial charge in [0.15, 0.2) is 0 Å². The van der Waals surface area contributed by atoms with Crippen molar-refractivity contribution in [1.82, 2.24) is 4.90 Å². The highest BCUT2D eigenvalue weighted by atomic mass is 79.9. The molecule has 3 aliphatic heterocycles. The van der Waals surface area contributed by atoms with E-state index in [0.717, 1.165) is 54.8 Å². The number of fused-ring (bicyclic) bond motifs is 1. The molecule has 0 amide bonds. The molecule has 3 heterocycles. The van der Waals surface area contributed by atoms with Crippen LogP contribution in [0, 0.1) is 5.82 Å². The Labute approximate surface area is 172 Å². The molecule has 144 valence electrons. The number of piperidine rings is 1. The van der Waals surface area contributed by atoms with Crippen LogP contribution in [0.2, 0.25) is 0 Å². The number of rotatable bonds is 2. The van der Waals surface area contributed by atoms with Crippen LogP contribution in [0.15, 0.2) is 22.7 Å². The van der Waals surface area contributed by atoms with E-state index in [1.807, 2.05) is 6.07 Å². The summed E-state index contributed by atoms with van der Waals surface area (Å²) < 4.78 is 15.2. The van der Waals surface area contributed by atoms with Gasteiger partial charge in [0, 0.05) is 22.6 Å². The van der Waals surface area contributed by atoms with Gasteiger partial charge in [0.25, 0.3) is 0 Å². The standard InChI is InChI=1S/C20H27BrFNOS2/c21-15-5-6-18(22)17(14-15)20(25-12-3-13-26-20)19(24)8-7-16-4-1-2-10-23(16)11-9-19/h5-6,14,16,24H,1-4,7-13H2. The van der Waals surface area contributed by atoms with E-state index in [0.29, 0.717) is 11.6 Å². The molecule has 1 N–H and O–H groups in total. The molecule has 0 saturated carbocycles. The van der Waals surface area contributed by atoms with Crippen LogP contribution in [-0.4, -0.2) is 46.2 Å². The van der Waals surface area contributed by atoms with Crippen LogP contribution in [0.25, 0.3) is 0 Å². The molecule has 2 unspecified atom stereocenters. The van der Waals surface area contributed by atoms with Crippen molar-refractivity contribution in [2.45, 2.75) is 60.7 Å². The zero-order valence-electron chi connectivity index (χ0n) is 15.1. The predicted molar refractivity (Wildman–Crippen MR) is 113 cm³/mol. The minimum atomic E-state index is -0.873. The molecule has 4 rings (SSSR count). The van der Waals surface area contributed by atoms with Crippen LogP contribution in [0.5, 0.6) is 0 Å². The summed E-state index contributed by atoms with van der Waals surface area (Å²) >= 11 is 7.06. The number of benzene rings is 1. The Morgan fingerprint density at radius 3 is 2.69 bits per heavy atom. The zero-order chi connectivity index (χ0) is 18.2. The molecule has 3 saturated heterocycles. The van der Waals surface area contributed by atoms with E-state index < -0.39 is 9.68 Å². The smallest absolute Gasteiger partial charge is 0.128 e. The van der Waals surface area contributed by atoms with Crippen molar-refractivity contribution in [3.05, 3.63) is 34.1 Å².